The zero-order valence-corrected chi connectivity index (χ0v) is 12.1. The topological polar surface area (TPSA) is 55.8 Å². The van der Waals surface area contributed by atoms with Gasteiger partial charge in [-0.2, -0.15) is 0 Å². The third-order valence-corrected chi connectivity index (χ3v) is 3.12. The van der Waals surface area contributed by atoms with Gasteiger partial charge in [0.25, 0.3) is 0 Å². The quantitative estimate of drug-likeness (QED) is 0.839. The third kappa shape index (κ3) is 4.76. The highest BCUT2D eigenvalue weighted by Gasteiger charge is 2.08. The van der Waals surface area contributed by atoms with Crippen molar-refractivity contribution in [2.45, 2.75) is 26.6 Å². The van der Waals surface area contributed by atoms with Gasteiger partial charge in [-0.15, -0.1) is 0 Å². The Hall–Kier alpha value is -0.910. The van der Waals surface area contributed by atoms with Crippen LogP contribution >= 0.6 is 15.9 Å². The smallest absolute Gasteiger partial charge is 0.335 e. The Bertz CT molecular complexity index is 406. The minimum Gasteiger partial charge on any atom is -0.478 e. The molecule has 0 aliphatic rings. The summed E-state index contributed by atoms with van der Waals surface area (Å²) in [4.78, 5) is 10.8. The van der Waals surface area contributed by atoms with Crippen LogP contribution in [0.3, 0.4) is 0 Å². The molecule has 0 heterocycles. The lowest BCUT2D eigenvalue weighted by atomic mass is 10.1. The highest BCUT2D eigenvalue weighted by Crippen LogP contribution is 2.20. The molecule has 0 radical (unpaired) electrons. The average molecular weight is 317 g/mol. The predicted molar refractivity (Wildman–Crippen MR) is 71.8 cm³/mol. The number of rotatable bonds is 7. The van der Waals surface area contributed by atoms with Crippen molar-refractivity contribution < 1.29 is 19.4 Å². The van der Waals surface area contributed by atoms with Crippen molar-refractivity contribution in [1.29, 1.82) is 0 Å². The summed E-state index contributed by atoms with van der Waals surface area (Å²) in [5, 5.41) is 8.85. The first-order chi connectivity index (χ1) is 8.54. The molecule has 5 heteroatoms. The van der Waals surface area contributed by atoms with Crippen molar-refractivity contribution in [2.75, 3.05) is 13.2 Å². The molecule has 0 fully saturated rings. The molecule has 0 saturated heterocycles. The Morgan fingerprint density at radius 1 is 1.50 bits per heavy atom. The number of aromatic carboxylic acids is 1. The first-order valence-electron chi connectivity index (χ1n) is 5.75. The molecule has 0 aliphatic carbocycles. The van der Waals surface area contributed by atoms with E-state index in [4.69, 9.17) is 14.6 Å². The molecule has 1 N–H and O–H groups in total. The summed E-state index contributed by atoms with van der Waals surface area (Å²) in [6, 6.07) is 4.90. The Kier molecular flexibility index (Phi) is 6.32. The first kappa shape index (κ1) is 15.1. The summed E-state index contributed by atoms with van der Waals surface area (Å²) in [5.74, 6) is -0.937. The monoisotopic (exact) mass is 316 g/mol. The molecule has 0 amide bonds. The predicted octanol–water partition coefficient (Wildman–Crippen LogP) is 3.09. The number of carbonyl (C=O) groups is 1. The van der Waals surface area contributed by atoms with Crippen LogP contribution < -0.4 is 0 Å². The van der Waals surface area contributed by atoms with Gasteiger partial charge in [0.1, 0.15) is 0 Å². The molecule has 100 valence electrons. The number of carboxylic acid groups (broad SMARTS) is 1. The maximum atomic E-state index is 10.8. The van der Waals surface area contributed by atoms with E-state index in [9.17, 15) is 4.79 Å². The normalized spacial score (nSPS) is 12.4. The standard InChI is InChI=1S/C13H17BrO4/c1-3-17-7-9(2)18-8-11-5-4-10(13(15)16)6-12(11)14/h4-6,9H,3,7-8H2,1-2H3,(H,15,16). The summed E-state index contributed by atoms with van der Waals surface area (Å²) in [5.41, 5.74) is 1.18. The summed E-state index contributed by atoms with van der Waals surface area (Å²) in [7, 11) is 0. The molecule has 1 unspecified atom stereocenters. The second kappa shape index (κ2) is 7.51. The Labute approximate surface area is 115 Å². The third-order valence-electron chi connectivity index (χ3n) is 2.38. The van der Waals surface area contributed by atoms with E-state index in [-0.39, 0.29) is 11.7 Å². The van der Waals surface area contributed by atoms with Gasteiger partial charge in [0.05, 0.1) is 24.9 Å². The van der Waals surface area contributed by atoms with Crippen molar-refractivity contribution in [1.82, 2.24) is 0 Å². The van der Waals surface area contributed by atoms with E-state index in [0.717, 1.165) is 10.0 Å². The van der Waals surface area contributed by atoms with E-state index in [1.54, 1.807) is 18.2 Å². The molecule has 1 aromatic carbocycles. The number of benzene rings is 1. The van der Waals surface area contributed by atoms with Crippen LogP contribution in [0, 0.1) is 0 Å². The molecule has 0 aliphatic heterocycles. The van der Waals surface area contributed by atoms with Crippen molar-refractivity contribution in [3.05, 3.63) is 33.8 Å². The molecule has 0 spiro atoms. The van der Waals surface area contributed by atoms with Crippen molar-refractivity contribution in [3.8, 4) is 0 Å². The number of halogens is 1. The number of carboxylic acids is 1. The lowest BCUT2D eigenvalue weighted by Gasteiger charge is -2.13. The summed E-state index contributed by atoms with van der Waals surface area (Å²) in [6.07, 6.45) is 0.0102. The van der Waals surface area contributed by atoms with Crippen LogP contribution in [0.2, 0.25) is 0 Å². The molecule has 1 atom stereocenters. The Morgan fingerprint density at radius 3 is 2.78 bits per heavy atom. The van der Waals surface area contributed by atoms with Crippen LogP contribution in [0.25, 0.3) is 0 Å². The second-order valence-electron chi connectivity index (χ2n) is 3.89. The van der Waals surface area contributed by atoms with Crippen LogP contribution in [0.15, 0.2) is 22.7 Å². The highest BCUT2D eigenvalue weighted by atomic mass is 79.9. The van der Waals surface area contributed by atoms with E-state index in [1.807, 2.05) is 13.8 Å². The second-order valence-corrected chi connectivity index (χ2v) is 4.75. The SMILES string of the molecule is CCOCC(C)OCc1ccc(C(=O)O)cc1Br. The minimum atomic E-state index is -0.937. The molecule has 18 heavy (non-hydrogen) atoms. The fourth-order valence-corrected chi connectivity index (χ4v) is 1.85. The van der Waals surface area contributed by atoms with Crippen molar-refractivity contribution in [2.24, 2.45) is 0 Å². The van der Waals surface area contributed by atoms with Crippen LogP contribution in [-0.2, 0) is 16.1 Å². The number of ether oxygens (including phenoxy) is 2. The van der Waals surface area contributed by atoms with Crippen LogP contribution in [0.4, 0.5) is 0 Å². The molecular weight excluding hydrogens is 300 g/mol. The number of hydrogen-bond acceptors (Lipinski definition) is 3. The van der Waals surface area contributed by atoms with E-state index in [0.29, 0.717) is 19.8 Å². The van der Waals surface area contributed by atoms with E-state index in [1.165, 1.54) is 0 Å². The van der Waals surface area contributed by atoms with E-state index in [2.05, 4.69) is 15.9 Å². The fourth-order valence-electron chi connectivity index (χ4n) is 1.36. The van der Waals surface area contributed by atoms with Gasteiger partial charge in [-0.25, -0.2) is 4.79 Å². The van der Waals surface area contributed by atoms with Crippen LogP contribution in [-0.4, -0.2) is 30.4 Å². The maximum absolute atomic E-state index is 10.8. The van der Waals surface area contributed by atoms with Crippen molar-refractivity contribution in [3.63, 3.8) is 0 Å². The van der Waals surface area contributed by atoms with Gasteiger partial charge in [0.15, 0.2) is 0 Å². The maximum Gasteiger partial charge on any atom is 0.335 e. The van der Waals surface area contributed by atoms with Gasteiger partial charge in [0, 0.05) is 11.1 Å². The highest BCUT2D eigenvalue weighted by molar-refractivity contribution is 9.10. The van der Waals surface area contributed by atoms with Crippen molar-refractivity contribution >= 4 is 21.9 Å². The molecular formula is C13H17BrO4. The van der Waals surface area contributed by atoms with Crippen LogP contribution in [0.5, 0.6) is 0 Å². The Balaban J connectivity index is 2.55. The molecule has 1 aromatic rings. The molecule has 0 aromatic heterocycles. The van der Waals surface area contributed by atoms with Gasteiger partial charge in [-0.05, 0) is 31.5 Å². The average Bonchev–Trinajstić information content (AvgIpc) is 2.34. The van der Waals surface area contributed by atoms with Gasteiger partial charge in [-0.3, -0.25) is 0 Å². The summed E-state index contributed by atoms with van der Waals surface area (Å²) < 4.78 is 11.6. The lowest BCUT2D eigenvalue weighted by Crippen LogP contribution is -2.16. The van der Waals surface area contributed by atoms with Gasteiger partial charge < -0.3 is 14.6 Å². The number of hydrogen-bond donors (Lipinski definition) is 1. The largest absolute Gasteiger partial charge is 0.478 e. The molecule has 0 saturated carbocycles. The molecule has 4 nitrogen and oxygen atoms in total. The first-order valence-corrected chi connectivity index (χ1v) is 6.55. The lowest BCUT2D eigenvalue weighted by molar-refractivity contribution is -0.0118. The van der Waals surface area contributed by atoms with E-state index >= 15 is 0 Å². The minimum absolute atomic E-state index is 0.0102. The zero-order chi connectivity index (χ0) is 13.5. The molecule has 0 bridgehead atoms. The Morgan fingerprint density at radius 2 is 2.22 bits per heavy atom. The van der Waals surface area contributed by atoms with Gasteiger partial charge >= 0.3 is 5.97 Å². The van der Waals surface area contributed by atoms with E-state index < -0.39 is 5.97 Å². The zero-order valence-electron chi connectivity index (χ0n) is 10.5. The van der Waals surface area contributed by atoms with Crippen LogP contribution in [0.1, 0.15) is 29.8 Å². The van der Waals surface area contributed by atoms with Gasteiger partial charge in [0.2, 0.25) is 0 Å². The fraction of sp³-hybridized carbons (Fsp3) is 0.462. The summed E-state index contributed by atoms with van der Waals surface area (Å²) in [6.45, 7) is 5.53. The molecule has 1 rings (SSSR count). The summed E-state index contributed by atoms with van der Waals surface area (Å²) >= 11 is 3.34. The van der Waals surface area contributed by atoms with Gasteiger partial charge in [-0.1, -0.05) is 22.0 Å².